The number of carbonyl (C=O) groups excluding carboxylic acids is 2. The van der Waals surface area contributed by atoms with E-state index in [1.807, 2.05) is 0 Å². The molecule has 2 heterocycles. The number of H-pyrrole nitrogens is 1. The SMILES string of the molecule is O=C(NC1CCC1)C1CCN(C(=O)c2cc(Cc3n[nH]c(=O)c4c3CCCC4)ccc2F)CC1. The number of aromatic nitrogens is 2. The second-order valence-electron chi connectivity index (χ2n) is 9.86. The minimum atomic E-state index is -0.546. The van der Waals surface area contributed by atoms with Gasteiger partial charge in [-0.15, -0.1) is 0 Å². The number of carbonyl (C=O) groups is 2. The lowest BCUT2D eigenvalue weighted by Crippen LogP contribution is -2.47. The second-order valence-corrected chi connectivity index (χ2v) is 9.86. The summed E-state index contributed by atoms with van der Waals surface area (Å²) >= 11 is 0. The summed E-state index contributed by atoms with van der Waals surface area (Å²) in [4.78, 5) is 39.3. The summed E-state index contributed by atoms with van der Waals surface area (Å²) in [5.41, 5.74) is 3.30. The minimum Gasteiger partial charge on any atom is -0.353 e. The number of rotatable bonds is 5. The van der Waals surface area contributed by atoms with E-state index in [1.54, 1.807) is 17.0 Å². The second kappa shape index (κ2) is 9.68. The van der Waals surface area contributed by atoms with Crippen LogP contribution in [0.25, 0.3) is 0 Å². The van der Waals surface area contributed by atoms with Crippen molar-refractivity contribution in [2.24, 2.45) is 5.92 Å². The van der Waals surface area contributed by atoms with Crippen molar-refractivity contribution < 1.29 is 14.0 Å². The Bertz CT molecular complexity index is 1150. The Morgan fingerprint density at radius 3 is 2.50 bits per heavy atom. The van der Waals surface area contributed by atoms with Crippen LogP contribution in [0.1, 0.15) is 77.7 Å². The molecule has 2 N–H and O–H groups in total. The van der Waals surface area contributed by atoms with E-state index in [0.717, 1.165) is 60.9 Å². The Hall–Kier alpha value is -3.03. The molecule has 0 spiro atoms. The number of hydrogen-bond acceptors (Lipinski definition) is 4. The molecule has 1 saturated heterocycles. The van der Waals surface area contributed by atoms with Crippen LogP contribution in [-0.2, 0) is 24.1 Å². The topological polar surface area (TPSA) is 95.2 Å². The Morgan fingerprint density at radius 1 is 1.06 bits per heavy atom. The van der Waals surface area contributed by atoms with Gasteiger partial charge in [-0.1, -0.05) is 6.07 Å². The summed E-state index contributed by atoms with van der Waals surface area (Å²) in [5, 5.41) is 9.95. The van der Waals surface area contributed by atoms with Crippen LogP contribution in [-0.4, -0.2) is 46.0 Å². The molecule has 1 aliphatic heterocycles. The number of amides is 2. The van der Waals surface area contributed by atoms with Gasteiger partial charge in [0.15, 0.2) is 0 Å². The van der Waals surface area contributed by atoms with Crippen molar-refractivity contribution in [3.63, 3.8) is 0 Å². The molecule has 180 valence electrons. The highest BCUT2D eigenvalue weighted by atomic mass is 19.1. The average molecular weight is 467 g/mol. The van der Waals surface area contributed by atoms with Crippen molar-refractivity contribution >= 4 is 11.8 Å². The van der Waals surface area contributed by atoms with Crippen LogP contribution >= 0.6 is 0 Å². The molecule has 2 amide bonds. The lowest BCUT2D eigenvalue weighted by molar-refractivity contribution is -0.127. The third-order valence-corrected chi connectivity index (χ3v) is 7.62. The van der Waals surface area contributed by atoms with Crippen LogP contribution in [0, 0.1) is 11.7 Å². The van der Waals surface area contributed by atoms with E-state index in [4.69, 9.17) is 0 Å². The van der Waals surface area contributed by atoms with Gasteiger partial charge in [0.25, 0.3) is 11.5 Å². The molecule has 1 aromatic carbocycles. The Labute approximate surface area is 198 Å². The monoisotopic (exact) mass is 466 g/mol. The fourth-order valence-electron chi connectivity index (χ4n) is 5.30. The molecule has 0 radical (unpaired) electrons. The van der Waals surface area contributed by atoms with Crippen molar-refractivity contribution in [1.82, 2.24) is 20.4 Å². The highest BCUT2D eigenvalue weighted by Gasteiger charge is 2.31. The van der Waals surface area contributed by atoms with Gasteiger partial charge in [0.05, 0.1) is 11.3 Å². The first-order valence-electron chi connectivity index (χ1n) is 12.5. The normalized spacial score (nSPS) is 18.8. The molecular formula is C26H31FN4O3. The highest BCUT2D eigenvalue weighted by molar-refractivity contribution is 5.95. The van der Waals surface area contributed by atoms with Crippen molar-refractivity contribution in [1.29, 1.82) is 0 Å². The number of benzene rings is 1. The molecule has 0 bridgehead atoms. The van der Waals surface area contributed by atoms with Crippen molar-refractivity contribution in [2.45, 2.75) is 70.3 Å². The molecule has 2 aromatic rings. The van der Waals surface area contributed by atoms with Gasteiger partial charge in [-0.2, -0.15) is 5.10 Å². The van der Waals surface area contributed by atoms with E-state index < -0.39 is 5.82 Å². The zero-order valence-corrected chi connectivity index (χ0v) is 19.4. The van der Waals surface area contributed by atoms with Crippen LogP contribution in [0.5, 0.6) is 0 Å². The fraction of sp³-hybridized carbons (Fsp3) is 0.538. The maximum Gasteiger partial charge on any atom is 0.267 e. The van der Waals surface area contributed by atoms with Gasteiger partial charge >= 0.3 is 0 Å². The number of likely N-dealkylation sites (tertiary alicyclic amines) is 1. The predicted molar refractivity (Wildman–Crippen MR) is 125 cm³/mol. The van der Waals surface area contributed by atoms with Crippen LogP contribution in [0.4, 0.5) is 4.39 Å². The molecule has 3 aliphatic rings. The molecule has 7 nitrogen and oxygen atoms in total. The molecule has 1 aromatic heterocycles. The summed E-state index contributed by atoms with van der Waals surface area (Å²) < 4.78 is 14.7. The zero-order chi connectivity index (χ0) is 23.7. The highest BCUT2D eigenvalue weighted by Crippen LogP contribution is 2.25. The van der Waals surface area contributed by atoms with Crippen LogP contribution in [0.3, 0.4) is 0 Å². The van der Waals surface area contributed by atoms with Gasteiger partial charge in [0, 0.05) is 37.0 Å². The van der Waals surface area contributed by atoms with Gasteiger partial charge in [-0.25, -0.2) is 9.49 Å². The molecule has 5 rings (SSSR count). The average Bonchev–Trinajstić information content (AvgIpc) is 2.84. The van der Waals surface area contributed by atoms with E-state index in [-0.39, 0.29) is 28.9 Å². The first kappa shape index (κ1) is 22.7. The third-order valence-electron chi connectivity index (χ3n) is 7.62. The molecule has 34 heavy (non-hydrogen) atoms. The molecule has 0 atom stereocenters. The van der Waals surface area contributed by atoms with E-state index >= 15 is 0 Å². The molecule has 0 unspecified atom stereocenters. The first-order chi connectivity index (χ1) is 16.5. The number of nitrogens with zero attached hydrogens (tertiary/aromatic N) is 2. The fourth-order valence-corrected chi connectivity index (χ4v) is 5.30. The predicted octanol–water partition coefficient (Wildman–Crippen LogP) is 2.90. The molecule has 1 saturated carbocycles. The van der Waals surface area contributed by atoms with Gasteiger partial charge < -0.3 is 10.2 Å². The minimum absolute atomic E-state index is 0.0492. The smallest absolute Gasteiger partial charge is 0.267 e. The number of piperidine rings is 1. The largest absolute Gasteiger partial charge is 0.353 e. The lowest BCUT2D eigenvalue weighted by atomic mass is 9.89. The quantitative estimate of drug-likeness (QED) is 0.708. The number of halogens is 1. The number of nitrogens with one attached hydrogen (secondary N) is 2. The van der Waals surface area contributed by atoms with Gasteiger partial charge in [0.2, 0.25) is 5.91 Å². The Balaban J connectivity index is 1.27. The molecule has 2 aliphatic carbocycles. The third kappa shape index (κ3) is 4.63. The van der Waals surface area contributed by atoms with Crippen molar-refractivity contribution in [2.75, 3.05) is 13.1 Å². The summed E-state index contributed by atoms with van der Waals surface area (Å²) in [5.74, 6) is -0.885. The van der Waals surface area contributed by atoms with E-state index in [2.05, 4.69) is 15.5 Å². The Morgan fingerprint density at radius 2 is 1.79 bits per heavy atom. The van der Waals surface area contributed by atoms with Gasteiger partial charge in [-0.3, -0.25) is 14.4 Å². The van der Waals surface area contributed by atoms with Crippen LogP contribution < -0.4 is 10.9 Å². The van der Waals surface area contributed by atoms with E-state index in [1.165, 1.54) is 12.5 Å². The van der Waals surface area contributed by atoms with E-state index in [9.17, 15) is 18.8 Å². The zero-order valence-electron chi connectivity index (χ0n) is 19.4. The number of fused-ring (bicyclic) bond motifs is 1. The van der Waals surface area contributed by atoms with Crippen molar-refractivity contribution in [3.8, 4) is 0 Å². The summed E-state index contributed by atoms with van der Waals surface area (Å²) in [7, 11) is 0. The number of aromatic amines is 1. The molecular weight excluding hydrogens is 435 g/mol. The molecule has 8 heteroatoms. The summed E-state index contributed by atoms with van der Waals surface area (Å²) in [6.07, 6.45) is 8.48. The number of hydrogen-bond donors (Lipinski definition) is 2. The van der Waals surface area contributed by atoms with Crippen LogP contribution in [0.15, 0.2) is 23.0 Å². The maximum absolute atomic E-state index is 14.7. The van der Waals surface area contributed by atoms with E-state index in [0.29, 0.717) is 38.4 Å². The summed E-state index contributed by atoms with van der Waals surface area (Å²) in [6, 6.07) is 4.92. The Kier molecular flexibility index (Phi) is 6.48. The standard InChI is InChI=1S/C26H31FN4O3/c27-22-9-8-16(15-23-19-6-1-2-7-20(19)25(33)30-29-23)14-21(22)26(34)31-12-10-17(11-13-31)24(32)28-18-4-3-5-18/h8-9,14,17-18H,1-7,10-13,15H2,(H,28,32)(H,30,33). The summed E-state index contributed by atoms with van der Waals surface area (Å²) in [6.45, 7) is 0.889. The maximum atomic E-state index is 14.7. The van der Waals surface area contributed by atoms with Crippen LogP contribution in [0.2, 0.25) is 0 Å². The van der Waals surface area contributed by atoms with Crippen molar-refractivity contribution in [3.05, 3.63) is 62.3 Å². The van der Waals surface area contributed by atoms with Gasteiger partial charge in [0.1, 0.15) is 5.82 Å². The first-order valence-corrected chi connectivity index (χ1v) is 12.5. The lowest BCUT2D eigenvalue weighted by Gasteiger charge is -2.34. The molecule has 2 fully saturated rings. The van der Waals surface area contributed by atoms with Gasteiger partial charge in [-0.05, 0) is 81.0 Å².